The molecule has 1 aromatic rings. The highest BCUT2D eigenvalue weighted by Crippen LogP contribution is 2.20. The summed E-state index contributed by atoms with van der Waals surface area (Å²) < 4.78 is 10.5. The minimum atomic E-state index is -0.157. The first-order valence-electron chi connectivity index (χ1n) is 6.54. The Morgan fingerprint density at radius 1 is 1.37 bits per heavy atom. The van der Waals surface area contributed by atoms with Crippen molar-refractivity contribution in [2.45, 2.75) is 33.1 Å². The van der Waals surface area contributed by atoms with Gasteiger partial charge in [-0.05, 0) is 38.3 Å². The van der Waals surface area contributed by atoms with E-state index in [1.54, 1.807) is 13.0 Å². The van der Waals surface area contributed by atoms with Crippen LogP contribution in [0.25, 0.3) is 0 Å². The SMILES string of the molecule is CCOC(=O)CCCCOc1cc([NH2+]O)ccc1C. The Labute approximate surface area is 113 Å². The minimum Gasteiger partial charge on any atom is -0.493 e. The Bertz CT molecular complexity index is 406. The number of aryl methyl sites for hydroxylation is 1. The molecular formula is C14H22NO4+. The fourth-order valence-electron chi connectivity index (χ4n) is 1.64. The molecule has 0 atom stereocenters. The Kier molecular flexibility index (Phi) is 6.92. The van der Waals surface area contributed by atoms with Crippen molar-refractivity contribution in [3.05, 3.63) is 23.8 Å². The van der Waals surface area contributed by atoms with Crippen LogP contribution in [0.5, 0.6) is 5.75 Å². The summed E-state index contributed by atoms with van der Waals surface area (Å²) in [6.45, 7) is 4.73. The van der Waals surface area contributed by atoms with E-state index in [4.69, 9.17) is 14.7 Å². The number of unbranched alkanes of at least 4 members (excludes halogenated alkanes) is 1. The molecule has 0 heterocycles. The first-order chi connectivity index (χ1) is 9.17. The maximum absolute atomic E-state index is 11.1. The Hall–Kier alpha value is -1.59. The number of carbonyl (C=O) groups excluding carboxylic acids is 1. The molecule has 0 aromatic heterocycles. The molecule has 0 aliphatic heterocycles. The molecule has 0 aliphatic rings. The number of esters is 1. The molecule has 0 saturated heterocycles. The molecule has 5 nitrogen and oxygen atoms in total. The average molecular weight is 268 g/mol. The smallest absolute Gasteiger partial charge is 0.305 e. The van der Waals surface area contributed by atoms with E-state index in [2.05, 4.69) is 0 Å². The Morgan fingerprint density at radius 2 is 2.16 bits per heavy atom. The maximum Gasteiger partial charge on any atom is 0.305 e. The molecule has 0 amide bonds. The van der Waals surface area contributed by atoms with E-state index in [1.807, 2.05) is 19.1 Å². The number of nitrogens with two attached hydrogens (primary N) is 1. The fraction of sp³-hybridized carbons (Fsp3) is 0.500. The van der Waals surface area contributed by atoms with Crippen LogP contribution in [0.3, 0.4) is 0 Å². The lowest BCUT2D eigenvalue weighted by molar-refractivity contribution is -0.825. The molecular weight excluding hydrogens is 246 g/mol. The zero-order chi connectivity index (χ0) is 14.1. The standard InChI is InChI=1S/C14H21NO4/c1-3-18-14(16)6-4-5-9-19-13-10-12(15-17)8-7-11(13)2/h7-8,10,15,17H,3-6,9H2,1-2H3/p+1. The molecule has 0 radical (unpaired) electrons. The molecule has 5 heteroatoms. The highest BCUT2D eigenvalue weighted by Gasteiger charge is 2.05. The largest absolute Gasteiger partial charge is 0.493 e. The molecule has 1 rings (SSSR count). The van der Waals surface area contributed by atoms with Crippen molar-refractivity contribution in [2.75, 3.05) is 13.2 Å². The summed E-state index contributed by atoms with van der Waals surface area (Å²) >= 11 is 0. The van der Waals surface area contributed by atoms with Gasteiger partial charge in [0.2, 0.25) is 0 Å². The van der Waals surface area contributed by atoms with Crippen LogP contribution in [0.15, 0.2) is 18.2 Å². The molecule has 0 spiro atoms. The number of quaternary nitrogens is 1. The van der Waals surface area contributed by atoms with Crippen LogP contribution in [0.2, 0.25) is 0 Å². The Morgan fingerprint density at radius 3 is 2.84 bits per heavy atom. The van der Waals surface area contributed by atoms with Crippen molar-refractivity contribution >= 4 is 11.7 Å². The normalized spacial score (nSPS) is 10.3. The second-order valence-electron chi connectivity index (χ2n) is 4.26. The highest BCUT2D eigenvalue weighted by atomic mass is 16.5. The fourth-order valence-corrected chi connectivity index (χ4v) is 1.64. The number of rotatable bonds is 8. The van der Waals surface area contributed by atoms with Crippen LogP contribution in [-0.2, 0) is 9.53 Å². The molecule has 3 N–H and O–H groups in total. The van der Waals surface area contributed by atoms with Gasteiger partial charge < -0.3 is 9.47 Å². The van der Waals surface area contributed by atoms with Crippen LogP contribution >= 0.6 is 0 Å². The summed E-state index contributed by atoms with van der Waals surface area (Å²) in [6, 6.07) is 5.51. The second-order valence-corrected chi connectivity index (χ2v) is 4.26. The van der Waals surface area contributed by atoms with Gasteiger partial charge in [-0.1, -0.05) is 0 Å². The molecule has 19 heavy (non-hydrogen) atoms. The van der Waals surface area contributed by atoms with E-state index in [0.717, 1.165) is 29.6 Å². The number of benzene rings is 1. The van der Waals surface area contributed by atoms with E-state index >= 15 is 0 Å². The van der Waals surface area contributed by atoms with Gasteiger partial charge >= 0.3 is 5.97 Å². The third-order valence-corrected chi connectivity index (χ3v) is 2.70. The summed E-state index contributed by atoms with van der Waals surface area (Å²) in [4.78, 5) is 11.1. The molecule has 106 valence electrons. The first-order valence-corrected chi connectivity index (χ1v) is 6.54. The van der Waals surface area contributed by atoms with Crippen LogP contribution < -0.4 is 10.2 Å². The van der Waals surface area contributed by atoms with Gasteiger partial charge in [-0.15, -0.1) is 0 Å². The molecule has 0 fully saturated rings. The van der Waals surface area contributed by atoms with Crippen LogP contribution in [0, 0.1) is 6.92 Å². The lowest BCUT2D eigenvalue weighted by Gasteiger charge is -2.09. The van der Waals surface area contributed by atoms with Crippen molar-refractivity contribution in [1.82, 2.24) is 0 Å². The van der Waals surface area contributed by atoms with Gasteiger partial charge in [0.15, 0.2) is 5.69 Å². The predicted octanol–water partition coefficient (Wildman–Crippen LogP) is 1.69. The summed E-state index contributed by atoms with van der Waals surface area (Å²) in [7, 11) is 0. The monoisotopic (exact) mass is 268 g/mol. The van der Waals surface area contributed by atoms with Crippen LogP contribution in [0.4, 0.5) is 5.69 Å². The summed E-state index contributed by atoms with van der Waals surface area (Å²) in [5.74, 6) is 0.606. The second kappa shape index (κ2) is 8.50. The van der Waals surface area contributed by atoms with Crippen LogP contribution in [-0.4, -0.2) is 24.4 Å². The number of ether oxygens (including phenoxy) is 2. The molecule has 1 aromatic carbocycles. The zero-order valence-corrected chi connectivity index (χ0v) is 11.5. The first kappa shape index (κ1) is 15.5. The number of hydrogen-bond acceptors (Lipinski definition) is 4. The molecule has 0 aliphatic carbocycles. The lowest BCUT2D eigenvalue weighted by atomic mass is 10.2. The van der Waals surface area contributed by atoms with Gasteiger partial charge in [0, 0.05) is 18.6 Å². The van der Waals surface area contributed by atoms with E-state index in [9.17, 15) is 4.79 Å². The lowest BCUT2D eigenvalue weighted by Crippen LogP contribution is -2.73. The quantitative estimate of drug-likeness (QED) is 0.326. The van der Waals surface area contributed by atoms with Gasteiger partial charge in [-0.25, -0.2) is 5.21 Å². The van der Waals surface area contributed by atoms with Gasteiger partial charge in [0.25, 0.3) is 0 Å². The molecule has 0 saturated carbocycles. The van der Waals surface area contributed by atoms with E-state index in [-0.39, 0.29) is 5.97 Å². The topological polar surface area (TPSA) is 72.4 Å². The van der Waals surface area contributed by atoms with E-state index in [0.29, 0.717) is 25.3 Å². The third kappa shape index (κ3) is 5.72. The number of carbonyl (C=O) groups is 1. The minimum absolute atomic E-state index is 0.157. The van der Waals surface area contributed by atoms with Crippen molar-refractivity contribution in [3.8, 4) is 5.75 Å². The average Bonchev–Trinajstić information content (AvgIpc) is 2.40. The van der Waals surface area contributed by atoms with E-state index in [1.165, 1.54) is 0 Å². The van der Waals surface area contributed by atoms with Crippen molar-refractivity contribution in [2.24, 2.45) is 0 Å². The third-order valence-electron chi connectivity index (χ3n) is 2.70. The summed E-state index contributed by atoms with van der Waals surface area (Å²) in [6.07, 6.45) is 1.98. The van der Waals surface area contributed by atoms with E-state index < -0.39 is 0 Å². The molecule has 0 bridgehead atoms. The van der Waals surface area contributed by atoms with Crippen molar-refractivity contribution in [3.63, 3.8) is 0 Å². The van der Waals surface area contributed by atoms with Crippen molar-refractivity contribution in [1.29, 1.82) is 0 Å². The van der Waals surface area contributed by atoms with Gasteiger partial charge in [0.05, 0.1) is 13.2 Å². The molecule has 0 unspecified atom stereocenters. The Balaban J connectivity index is 2.27. The summed E-state index contributed by atoms with van der Waals surface area (Å²) in [5.41, 5.74) is 2.79. The predicted molar refractivity (Wildman–Crippen MR) is 70.5 cm³/mol. The van der Waals surface area contributed by atoms with Crippen LogP contribution in [0.1, 0.15) is 31.7 Å². The van der Waals surface area contributed by atoms with Gasteiger partial charge in [-0.2, -0.15) is 5.48 Å². The number of hydrogen-bond donors (Lipinski definition) is 2. The van der Waals surface area contributed by atoms with Gasteiger partial charge in [-0.3, -0.25) is 4.79 Å². The maximum atomic E-state index is 11.1. The van der Waals surface area contributed by atoms with Crippen molar-refractivity contribution < 1.29 is 25.0 Å². The summed E-state index contributed by atoms with van der Waals surface area (Å²) in [5, 5.41) is 8.94. The highest BCUT2D eigenvalue weighted by molar-refractivity contribution is 5.69. The van der Waals surface area contributed by atoms with Gasteiger partial charge in [0.1, 0.15) is 5.75 Å². The zero-order valence-electron chi connectivity index (χ0n) is 11.5.